The molecule has 4 heteroatoms. The molecule has 1 fully saturated rings. The summed E-state index contributed by atoms with van der Waals surface area (Å²) in [6, 6.07) is 8.52. The second-order valence-electron chi connectivity index (χ2n) is 7.44. The molecule has 2 aliphatic rings. The van der Waals surface area contributed by atoms with Crippen molar-refractivity contribution < 1.29 is 9.47 Å². The lowest BCUT2D eigenvalue weighted by atomic mass is 9.97. The largest absolute Gasteiger partial charge is 0.450 e. The van der Waals surface area contributed by atoms with Crippen LogP contribution in [0.2, 0.25) is 0 Å². The van der Waals surface area contributed by atoms with Crippen molar-refractivity contribution in [2.75, 3.05) is 26.7 Å². The first-order valence-electron chi connectivity index (χ1n) is 8.31. The van der Waals surface area contributed by atoms with Crippen molar-refractivity contribution >= 4 is 0 Å². The van der Waals surface area contributed by atoms with Crippen molar-refractivity contribution in [3.8, 4) is 11.5 Å². The summed E-state index contributed by atoms with van der Waals surface area (Å²) >= 11 is 0. The van der Waals surface area contributed by atoms with Gasteiger partial charge in [0.1, 0.15) is 0 Å². The fourth-order valence-corrected chi connectivity index (χ4v) is 3.39. The normalized spacial score (nSPS) is 20.8. The summed E-state index contributed by atoms with van der Waals surface area (Å²) in [6.07, 6.45) is 2.25. The van der Waals surface area contributed by atoms with Crippen molar-refractivity contribution in [3.05, 3.63) is 24.3 Å². The minimum Gasteiger partial charge on any atom is -0.450 e. The average molecular weight is 304 g/mol. The van der Waals surface area contributed by atoms with Crippen LogP contribution in [0.5, 0.6) is 11.5 Å². The van der Waals surface area contributed by atoms with E-state index in [1.54, 1.807) is 0 Å². The summed E-state index contributed by atoms with van der Waals surface area (Å²) in [5.74, 6) is 1.73. The van der Waals surface area contributed by atoms with Crippen molar-refractivity contribution in [1.82, 2.24) is 9.80 Å². The first-order chi connectivity index (χ1) is 10.4. The highest BCUT2D eigenvalue weighted by Gasteiger charge is 2.31. The highest BCUT2D eigenvalue weighted by Crippen LogP contribution is 2.34. The van der Waals surface area contributed by atoms with Crippen LogP contribution >= 0.6 is 0 Å². The van der Waals surface area contributed by atoms with Crippen LogP contribution in [0.1, 0.15) is 33.6 Å². The Labute approximate surface area is 134 Å². The van der Waals surface area contributed by atoms with Gasteiger partial charge in [0, 0.05) is 24.7 Å². The summed E-state index contributed by atoms with van der Waals surface area (Å²) in [4.78, 5) is 4.98. The van der Waals surface area contributed by atoms with E-state index in [1.165, 1.54) is 25.9 Å². The molecular formula is C18H28N2O2. The van der Waals surface area contributed by atoms with E-state index in [2.05, 4.69) is 37.6 Å². The molecular weight excluding hydrogens is 276 g/mol. The van der Waals surface area contributed by atoms with Crippen molar-refractivity contribution in [1.29, 1.82) is 0 Å². The van der Waals surface area contributed by atoms with Gasteiger partial charge in [0.25, 0.3) is 6.29 Å². The summed E-state index contributed by atoms with van der Waals surface area (Å²) in [5.41, 5.74) is 0.281. The fourth-order valence-electron chi connectivity index (χ4n) is 3.39. The van der Waals surface area contributed by atoms with Crippen LogP contribution in [0.4, 0.5) is 0 Å². The predicted molar refractivity (Wildman–Crippen MR) is 88.5 cm³/mol. The first-order valence-corrected chi connectivity index (χ1v) is 8.31. The first kappa shape index (κ1) is 15.6. The molecule has 4 nitrogen and oxygen atoms in total. The molecule has 2 heterocycles. The quantitative estimate of drug-likeness (QED) is 0.857. The molecule has 1 aromatic carbocycles. The topological polar surface area (TPSA) is 24.9 Å². The molecule has 0 aliphatic carbocycles. The minimum atomic E-state index is -0.178. The lowest BCUT2D eigenvalue weighted by Gasteiger charge is -2.43. The third-order valence-electron chi connectivity index (χ3n) is 4.84. The van der Waals surface area contributed by atoms with Crippen LogP contribution in [-0.2, 0) is 0 Å². The van der Waals surface area contributed by atoms with Crippen molar-refractivity contribution in [2.24, 2.45) is 0 Å². The van der Waals surface area contributed by atoms with Gasteiger partial charge in [-0.1, -0.05) is 12.1 Å². The zero-order valence-corrected chi connectivity index (χ0v) is 14.2. The molecule has 0 aromatic heterocycles. The lowest BCUT2D eigenvalue weighted by molar-refractivity contribution is -0.00418. The van der Waals surface area contributed by atoms with Gasteiger partial charge in [-0.2, -0.15) is 0 Å². The molecule has 0 N–H and O–H groups in total. The van der Waals surface area contributed by atoms with Crippen LogP contribution < -0.4 is 9.47 Å². The van der Waals surface area contributed by atoms with Gasteiger partial charge in [0.2, 0.25) is 0 Å². The van der Waals surface area contributed by atoms with Crippen molar-refractivity contribution in [3.63, 3.8) is 0 Å². The molecule has 1 aromatic rings. The van der Waals surface area contributed by atoms with E-state index in [-0.39, 0.29) is 11.8 Å². The molecule has 0 amide bonds. The molecule has 2 aliphatic heterocycles. The van der Waals surface area contributed by atoms with Crippen LogP contribution in [0, 0.1) is 0 Å². The Morgan fingerprint density at radius 2 is 1.64 bits per heavy atom. The van der Waals surface area contributed by atoms with Gasteiger partial charge in [-0.25, -0.2) is 0 Å². The molecule has 0 spiro atoms. The Morgan fingerprint density at radius 1 is 1.09 bits per heavy atom. The number of nitrogens with zero attached hydrogens (tertiary/aromatic N) is 2. The minimum absolute atomic E-state index is 0.178. The number of benzene rings is 1. The van der Waals surface area contributed by atoms with Gasteiger partial charge in [-0.15, -0.1) is 0 Å². The average Bonchev–Trinajstić information content (AvgIpc) is 2.88. The van der Waals surface area contributed by atoms with E-state index in [1.807, 2.05) is 24.3 Å². The van der Waals surface area contributed by atoms with E-state index >= 15 is 0 Å². The molecule has 3 rings (SSSR count). The number of rotatable bonds is 3. The van der Waals surface area contributed by atoms with E-state index in [9.17, 15) is 0 Å². The number of hydrogen-bond donors (Lipinski definition) is 0. The number of piperidine rings is 1. The monoisotopic (exact) mass is 304 g/mol. The van der Waals surface area contributed by atoms with Crippen LogP contribution in [0.15, 0.2) is 24.3 Å². The Kier molecular flexibility index (Phi) is 4.33. The van der Waals surface area contributed by atoms with Gasteiger partial charge < -0.3 is 9.47 Å². The molecule has 0 unspecified atom stereocenters. The molecule has 0 saturated carbocycles. The Bertz CT molecular complexity index is 479. The number of likely N-dealkylation sites (tertiary alicyclic amines) is 1. The summed E-state index contributed by atoms with van der Waals surface area (Å²) in [6.45, 7) is 10.1. The highest BCUT2D eigenvalue weighted by atomic mass is 16.7. The molecule has 0 radical (unpaired) electrons. The zero-order chi connectivity index (χ0) is 15.7. The summed E-state index contributed by atoms with van der Waals surface area (Å²) in [5, 5.41) is 0. The summed E-state index contributed by atoms with van der Waals surface area (Å²) < 4.78 is 11.7. The third kappa shape index (κ3) is 3.39. The third-order valence-corrected chi connectivity index (χ3v) is 4.84. The van der Waals surface area contributed by atoms with Crippen LogP contribution in [-0.4, -0.2) is 54.4 Å². The number of ether oxygens (including phenoxy) is 2. The predicted octanol–water partition coefficient (Wildman–Crippen LogP) is 2.98. The van der Waals surface area contributed by atoms with E-state index in [0.717, 1.165) is 18.0 Å². The van der Waals surface area contributed by atoms with E-state index < -0.39 is 0 Å². The summed E-state index contributed by atoms with van der Waals surface area (Å²) in [7, 11) is 2.19. The Morgan fingerprint density at radius 3 is 2.14 bits per heavy atom. The van der Waals surface area contributed by atoms with Gasteiger partial charge in [0.15, 0.2) is 11.5 Å². The lowest BCUT2D eigenvalue weighted by Crippen LogP contribution is -2.51. The molecule has 22 heavy (non-hydrogen) atoms. The van der Waals surface area contributed by atoms with Crippen LogP contribution in [0.3, 0.4) is 0 Å². The molecule has 0 bridgehead atoms. The molecule has 1 saturated heterocycles. The SMILES string of the molecule is CN(CC1Oc2ccccc2O1)C1CCN(C(C)(C)C)CC1. The zero-order valence-electron chi connectivity index (χ0n) is 14.2. The van der Waals surface area contributed by atoms with Gasteiger partial charge in [0.05, 0.1) is 6.54 Å². The maximum Gasteiger partial charge on any atom is 0.254 e. The van der Waals surface area contributed by atoms with E-state index in [4.69, 9.17) is 9.47 Å². The second kappa shape index (κ2) is 6.09. The highest BCUT2D eigenvalue weighted by molar-refractivity contribution is 5.41. The maximum absolute atomic E-state index is 5.87. The van der Waals surface area contributed by atoms with Crippen LogP contribution in [0.25, 0.3) is 0 Å². The number of likely N-dealkylation sites (N-methyl/N-ethyl adjacent to an activating group) is 1. The van der Waals surface area contributed by atoms with E-state index in [0.29, 0.717) is 6.04 Å². The smallest absolute Gasteiger partial charge is 0.254 e. The molecule has 0 atom stereocenters. The Balaban J connectivity index is 1.49. The fraction of sp³-hybridized carbons (Fsp3) is 0.667. The Hall–Kier alpha value is -1.26. The molecule has 122 valence electrons. The van der Waals surface area contributed by atoms with Gasteiger partial charge >= 0.3 is 0 Å². The second-order valence-corrected chi connectivity index (χ2v) is 7.44. The van der Waals surface area contributed by atoms with Gasteiger partial charge in [-0.05, 0) is 52.8 Å². The number of para-hydroxylation sites is 2. The standard InChI is InChI=1S/C18H28N2O2/c1-18(2,3)20-11-9-14(10-12-20)19(4)13-17-21-15-7-5-6-8-16(15)22-17/h5-8,14,17H,9-13H2,1-4H3. The number of fused-ring (bicyclic) bond motifs is 1. The number of hydrogen-bond acceptors (Lipinski definition) is 4. The van der Waals surface area contributed by atoms with Gasteiger partial charge in [-0.3, -0.25) is 9.80 Å². The maximum atomic E-state index is 5.87. The van der Waals surface area contributed by atoms with Crippen molar-refractivity contribution in [2.45, 2.75) is 51.5 Å².